The zero-order chi connectivity index (χ0) is 17.9. The van der Waals surface area contributed by atoms with Crippen LogP contribution in [0.4, 0.5) is 0 Å². The Labute approximate surface area is 148 Å². The van der Waals surface area contributed by atoms with E-state index in [1.54, 1.807) is 10.9 Å². The molecule has 0 spiro atoms. The lowest BCUT2D eigenvalue weighted by atomic mass is 9.86. The molecule has 1 aromatic carbocycles. The molecule has 1 atom stereocenters. The maximum atomic E-state index is 12.6. The molecule has 0 fully saturated rings. The van der Waals surface area contributed by atoms with Crippen LogP contribution in [-0.2, 0) is 11.3 Å². The fraction of sp³-hybridized carbons (Fsp3) is 0.350. The molecule has 3 rings (SSSR count). The highest BCUT2D eigenvalue weighted by Crippen LogP contribution is 2.29. The molecule has 2 heterocycles. The van der Waals surface area contributed by atoms with Gasteiger partial charge in [0.25, 0.3) is 0 Å². The number of fused-ring (bicyclic) bond motifs is 1. The van der Waals surface area contributed by atoms with Crippen LogP contribution in [-0.4, -0.2) is 20.7 Å². The number of aromatic nitrogens is 3. The molecule has 1 N–H and O–H groups in total. The standard InChI is InChI=1S/C20H24N4O/c1-20(2,3)11-18(15-8-6-10-21-12-15)22-19(25)14-24-13-16-7-4-5-9-17(16)23-24/h4-10,12-13,18H,11,14H2,1-3H3,(H,22,25)/t18-/m1/s1. The second-order valence-corrected chi connectivity index (χ2v) is 7.56. The van der Waals surface area contributed by atoms with Crippen LogP contribution in [0.2, 0.25) is 0 Å². The second kappa shape index (κ2) is 7.05. The van der Waals surface area contributed by atoms with Gasteiger partial charge >= 0.3 is 0 Å². The molecule has 0 saturated carbocycles. The van der Waals surface area contributed by atoms with E-state index in [0.717, 1.165) is 22.9 Å². The molecule has 0 aliphatic heterocycles. The Hall–Kier alpha value is -2.69. The molecule has 0 aliphatic rings. The maximum absolute atomic E-state index is 12.6. The van der Waals surface area contributed by atoms with Gasteiger partial charge in [-0.05, 0) is 29.5 Å². The first-order valence-corrected chi connectivity index (χ1v) is 8.52. The van der Waals surface area contributed by atoms with Gasteiger partial charge in [-0.25, -0.2) is 0 Å². The number of amides is 1. The van der Waals surface area contributed by atoms with Crippen LogP contribution in [0.15, 0.2) is 55.0 Å². The molecule has 5 heteroatoms. The first kappa shape index (κ1) is 17.1. The van der Waals surface area contributed by atoms with Gasteiger partial charge in [-0.3, -0.25) is 14.5 Å². The van der Waals surface area contributed by atoms with Crippen LogP contribution in [0, 0.1) is 5.41 Å². The van der Waals surface area contributed by atoms with Crippen LogP contribution < -0.4 is 5.32 Å². The third kappa shape index (κ3) is 4.66. The normalized spacial score (nSPS) is 12.9. The monoisotopic (exact) mass is 336 g/mol. The van der Waals surface area contributed by atoms with Crippen molar-refractivity contribution in [2.75, 3.05) is 0 Å². The van der Waals surface area contributed by atoms with Gasteiger partial charge in [-0.15, -0.1) is 0 Å². The average Bonchev–Trinajstić information content (AvgIpc) is 2.95. The van der Waals surface area contributed by atoms with Gasteiger partial charge in [0.2, 0.25) is 5.91 Å². The first-order chi connectivity index (χ1) is 11.9. The molecule has 25 heavy (non-hydrogen) atoms. The van der Waals surface area contributed by atoms with E-state index >= 15 is 0 Å². The lowest BCUT2D eigenvalue weighted by Gasteiger charge is -2.27. The van der Waals surface area contributed by atoms with E-state index in [-0.39, 0.29) is 23.9 Å². The molecule has 1 amide bonds. The number of pyridine rings is 1. The van der Waals surface area contributed by atoms with Crippen LogP contribution >= 0.6 is 0 Å². The number of carbonyl (C=O) groups excluding carboxylic acids is 1. The van der Waals surface area contributed by atoms with E-state index in [1.165, 1.54) is 0 Å². The zero-order valence-corrected chi connectivity index (χ0v) is 14.9. The predicted octanol–water partition coefficient (Wildman–Crippen LogP) is 3.73. The summed E-state index contributed by atoms with van der Waals surface area (Å²) in [5.74, 6) is -0.0501. The van der Waals surface area contributed by atoms with Crippen LogP contribution in [0.1, 0.15) is 38.8 Å². The lowest BCUT2D eigenvalue weighted by Crippen LogP contribution is -2.33. The van der Waals surface area contributed by atoms with Gasteiger partial charge < -0.3 is 5.32 Å². The summed E-state index contributed by atoms with van der Waals surface area (Å²) in [6, 6.07) is 11.7. The summed E-state index contributed by atoms with van der Waals surface area (Å²) in [4.78, 5) is 16.8. The Morgan fingerprint density at radius 1 is 1.20 bits per heavy atom. The van der Waals surface area contributed by atoms with Crippen molar-refractivity contribution in [3.05, 3.63) is 60.6 Å². The number of hydrogen-bond acceptors (Lipinski definition) is 3. The summed E-state index contributed by atoms with van der Waals surface area (Å²) >= 11 is 0. The highest BCUT2D eigenvalue weighted by molar-refractivity contribution is 5.80. The number of rotatable bonds is 5. The Bertz CT molecular complexity index is 816. The summed E-state index contributed by atoms with van der Waals surface area (Å²) in [7, 11) is 0. The van der Waals surface area contributed by atoms with Gasteiger partial charge in [0.15, 0.2) is 0 Å². The summed E-state index contributed by atoms with van der Waals surface area (Å²) in [5.41, 5.74) is 2.01. The smallest absolute Gasteiger partial charge is 0.242 e. The van der Waals surface area contributed by atoms with Crippen molar-refractivity contribution in [2.45, 2.75) is 39.8 Å². The second-order valence-electron chi connectivity index (χ2n) is 7.56. The van der Waals surface area contributed by atoms with E-state index < -0.39 is 0 Å². The molecular formula is C20H24N4O. The van der Waals surface area contributed by atoms with Crippen LogP contribution in [0.3, 0.4) is 0 Å². The van der Waals surface area contributed by atoms with Crippen molar-refractivity contribution >= 4 is 16.8 Å². The molecule has 130 valence electrons. The largest absolute Gasteiger partial charge is 0.348 e. The molecule has 0 bridgehead atoms. The van der Waals surface area contributed by atoms with E-state index in [9.17, 15) is 4.79 Å². The molecule has 0 saturated heterocycles. The summed E-state index contributed by atoms with van der Waals surface area (Å²) in [6.45, 7) is 6.71. The Balaban J connectivity index is 1.73. The van der Waals surface area contributed by atoms with Crippen molar-refractivity contribution in [3.63, 3.8) is 0 Å². The topological polar surface area (TPSA) is 59.8 Å². The minimum absolute atomic E-state index is 0.0501. The third-order valence-corrected chi connectivity index (χ3v) is 4.01. The molecule has 3 aromatic rings. The SMILES string of the molecule is CC(C)(C)C[C@@H](NC(=O)Cn1cc2ccccc2n1)c1cccnc1. The van der Waals surface area contributed by atoms with Crippen molar-refractivity contribution in [1.29, 1.82) is 0 Å². The van der Waals surface area contributed by atoms with Crippen LogP contribution in [0.5, 0.6) is 0 Å². The molecule has 5 nitrogen and oxygen atoms in total. The number of nitrogens with one attached hydrogen (secondary N) is 1. The zero-order valence-electron chi connectivity index (χ0n) is 14.9. The van der Waals surface area contributed by atoms with Crippen LogP contribution in [0.25, 0.3) is 10.9 Å². The van der Waals surface area contributed by atoms with E-state index in [1.807, 2.05) is 48.8 Å². The summed E-state index contributed by atoms with van der Waals surface area (Å²) < 4.78 is 1.69. The van der Waals surface area contributed by atoms with E-state index in [0.29, 0.717) is 0 Å². The molecule has 0 radical (unpaired) electrons. The van der Waals surface area contributed by atoms with Gasteiger partial charge in [-0.2, -0.15) is 5.10 Å². The van der Waals surface area contributed by atoms with Gasteiger partial charge in [0, 0.05) is 24.0 Å². The summed E-state index contributed by atoms with van der Waals surface area (Å²) in [6.07, 6.45) is 6.30. The first-order valence-electron chi connectivity index (χ1n) is 8.52. The number of benzene rings is 1. The minimum atomic E-state index is -0.0637. The molecule has 0 aliphatic carbocycles. The van der Waals surface area contributed by atoms with E-state index in [2.05, 4.69) is 36.2 Å². The summed E-state index contributed by atoms with van der Waals surface area (Å²) in [5, 5.41) is 8.63. The quantitative estimate of drug-likeness (QED) is 0.772. The molecule has 0 unspecified atom stereocenters. The van der Waals surface area contributed by atoms with Gasteiger partial charge in [0.05, 0.1) is 11.6 Å². The van der Waals surface area contributed by atoms with E-state index in [4.69, 9.17) is 0 Å². The number of hydrogen-bond donors (Lipinski definition) is 1. The maximum Gasteiger partial charge on any atom is 0.242 e. The predicted molar refractivity (Wildman–Crippen MR) is 98.9 cm³/mol. The fourth-order valence-corrected chi connectivity index (χ4v) is 2.93. The Morgan fingerprint density at radius 3 is 2.68 bits per heavy atom. The fourth-order valence-electron chi connectivity index (χ4n) is 2.93. The van der Waals surface area contributed by atoms with Crippen molar-refractivity contribution < 1.29 is 4.79 Å². The molecule has 2 aromatic heterocycles. The lowest BCUT2D eigenvalue weighted by molar-refractivity contribution is -0.122. The average molecular weight is 336 g/mol. The van der Waals surface area contributed by atoms with Gasteiger partial charge in [0.1, 0.15) is 6.54 Å². The van der Waals surface area contributed by atoms with Crippen molar-refractivity contribution in [1.82, 2.24) is 20.1 Å². The Kier molecular flexibility index (Phi) is 4.83. The third-order valence-electron chi connectivity index (χ3n) is 4.01. The Morgan fingerprint density at radius 2 is 2.00 bits per heavy atom. The number of nitrogens with zero attached hydrogens (tertiary/aromatic N) is 3. The number of carbonyl (C=O) groups is 1. The molecular weight excluding hydrogens is 312 g/mol. The minimum Gasteiger partial charge on any atom is -0.348 e. The highest BCUT2D eigenvalue weighted by atomic mass is 16.2. The van der Waals surface area contributed by atoms with Crippen molar-refractivity contribution in [2.24, 2.45) is 5.41 Å². The highest BCUT2D eigenvalue weighted by Gasteiger charge is 2.22. The van der Waals surface area contributed by atoms with Crippen molar-refractivity contribution in [3.8, 4) is 0 Å². The van der Waals surface area contributed by atoms with Gasteiger partial charge in [-0.1, -0.05) is 45.0 Å².